The molecule has 0 saturated carbocycles. The van der Waals surface area contributed by atoms with Crippen molar-refractivity contribution < 1.29 is 19.1 Å². The highest BCUT2D eigenvalue weighted by atomic mass is 16.5. The highest BCUT2D eigenvalue weighted by Crippen LogP contribution is 2.19. The molecule has 2 atom stereocenters. The highest BCUT2D eigenvalue weighted by Gasteiger charge is 2.30. The number of nitrogens with one attached hydrogen (secondary N) is 1. The van der Waals surface area contributed by atoms with Gasteiger partial charge in [-0.25, -0.2) is 0 Å². The SMILES string of the molecule is CCC(=O)N1CCCC(C(=O)OC(C)C(=O)NCc2ccccc2)C1. The predicted octanol–water partition coefficient (Wildman–Crippen LogP) is 1.88. The molecule has 1 fully saturated rings. The number of piperidine rings is 1. The lowest BCUT2D eigenvalue weighted by molar-refractivity contribution is -0.161. The number of hydrogen-bond donors (Lipinski definition) is 1. The van der Waals surface area contributed by atoms with Crippen molar-refractivity contribution in [3.05, 3.63) is 35.9 Å². The summed E-state index contributed by atoms with van der Waals surface area (Å²) in [6, 6.07) is 9.54. The molecule has 0 spiro atoms. The third-order valence-electron chi connectivity index (χ3n) is 4.38. The zero-order chi connectivity index (χ0) is 18.2. The van der Waals surface area contributed by atoms with Crippen molar-refractivity contribution in [2.45, 2.75) is 45.8 Å². The summed E-state index contributed by atoms with van der Waals surface area (Å²) < 4.78 is 5.31. The minimum atomic E-state index is -0.853. The molecule has 0 radical (unpaired) electrons. The van der Waals surface area contributed by atoms with Crippen LogP contribution in [-0.2, 0) is 25.7 Å². The molecule has 1 saturated heterocycles. The summed E-state index contributed by atoms with van der Waals surface area (Å²) in [6.45, 7) is 4.83. The number of benzene rings is 1. The summed E-state index contributed by atoms with van der Waals surface area (Å²) >= 11 is 0. The molecule has 6 nitrogen and oxygen atoms in total. The summed E-state index contributed by atoms with van der Waals surface area (Å²) in [4.78, 5) is 37.9. The zero-order valence-electron chi connectivity index (χ0n) is 14.9. The standard InChI is InChI=1S/C19H26N2O4/c1-3-17(22)21-11-7-10-16(13-21)19(24)25-14(2)18(23)20-12-15-8-5-4-6-9-15/h4-6,8-9,14,16H,3,7,10-13H2,1-2H3,(H,20,23). The first-order valence-corrected chi connectivity index (χ1v) is 8.81. The molecule has 1 aliphatic heterocycles. The van der Waals surface area contributed by atoms with E-state index in [9.17, 15) is 14.4 Å². The molecule has 2 rings (SSSR count). The molecule has 0 aliphatic carbocycles. The van der Waals surface area contributed by atoms with Gasteiger partial charge in [0.25, 0.3) is 5.91 Å². The molecule has 1 aliphatic rings. The minimum absolute atomic E-state index is 0.0474. The van der Waals surface area contributed by atoms with Crippen LogP contribution in [-0.4, -0.2) is 41.9 Å². The summed E-state index contributed by atoms with van der Waals surface area (Å²) in [5, 5.41) is 2.76. The number of rotatable bonds is 6. The van der Waals surface area contributed by atoms with Crippen LogP contribution in [0.1, 0.15) is 38.7 Å². The molecule has 6 heteroatoms. The first kappa shape index (κ1) is 19.0. The van der Waals surface area contributed by atoms with Crippen molar-refractivity contribution in [3.63, 3.8) is 0 Å². The Morgan fingerprint density at radius 2 is 2.00 bits per heavy atom. The normalized spacial score (nSPS) is 18.3. The van der Waals surface area contributed by atoms with Crippen molar-refractivity contribution in [2.24, 2.45) is 5.92 Å². The number of ether oxygens (including phenoxy) is 1. The van der Waals surface area contributed by atoms with E-state index in [0.29, 0.717) is 32.5 Å². The summed E-state index contributed by atoms with van der Waals surface area (Å²) in [5.74, 6) is -1.04. The summed E-state index contributed by atoms with van der Waals surface area (Å²) in [5.41, 5.74) is 0.982. The van der Waals surface area contributed by atoms with Gasteiger partial charge < -0.3 is 15.0 Å². The van der Waals surface area contributed by atoms with Crippen molar-refractivity contribution in [1.29, 1.82) is 0 Å². The first-order chi connectivity index (χ1) is 12.0. The van der Waals surface area contributed by atoms with Crippen molar-refractivity contribution in [1.82, 2.24) is 10.2 Å². The summed E-state index contributed by atoms with van der Waals surface area (Å²) in [6.07, 6.45) is 1.04. The molecule has 1 aromatic carbocycles. The van der Waals surface area contributed by atoms with E-state index in [2.05, 4.69) is 5.32 Å². The van der Waals surface area contributed by atoms with Gasteiger partial charge in [-0.2, -0.15) is 0 Å². The number of carbonyl (C=O) groups excluding carboxylic acids is 3. The van der Waals surface area contributed by atoms with Crippen LogP contribution in [0.2, 0.25) is 0 Å². The van der Waals surface area contributed by atoms with E-state index in [1.807, 2.05) is 37.3 Å². The van der Waals surface area contributed by atoms with Crippen molar-refractivity contribution >= 4 is 17.8 Å². The van der Waals surface area contributed by atoms with Crippen LogP contribution in [0.5, 0.6) is 0 Å². The first-order valence-electron chi connectivity index (χ1n) is 8.81. The molecule has 25 heavy (non-hydrogen) atoms. The number of hydrogen-bond acceptors (Lipinski definition) is 4. The molecular formula is C19H26N2O4. The van der Waals surface area contributed by atoms with Crippen LogP contribution < -0.4 is 5.32 Å². The van der Waals surface area contributed by atoms with E-state index in [4.69, 9.17) is 4.74 Å². The molecule has 2 amide bonds. The number of amides is 2. The lowest BCUT2D eigenvalue weighted by Crippen LogP contribution is -2.44. The van der Waals surface area contributed by atoms with Gasteiger partial charge in [0.1, 0.15) is 0 Å². The van der Waals surface area contributed by atoms with Gasteiger partial charge in [0.2, 0.25) is 5.91 Å². The molecular weight excluding hydrogens is 320 g/mol. The van der Waals surface area contributed by atoms with E-state index >= 15 is 0 Å². The second kappa shape index (κ2) is 9.20. The Hall–Kier alpha value is -2.37. The maximum Gasteiger partial charge on any atom is 0.311 e. The Morgan fingerprint density at radius 3 is 2.68 bits per heavy atom. The minimum Gasteiger partial charge on any atom is -0.452 e. The fourth-order valence-electron chi connectivity index (χ4n) is 2.87. The zero-order valence-corrected chi connectivity index (χ0v) is 14.9. The summed E-state index contributed by atoms with van der Waals surface area (Å²) in [7, 11) is 0. The lowest BCUT2D eigenvalue weighted by atomic mass is 9.98. The quantitative estimate of drug-likeness (QED) is 0.798. The van der Waals surface area contributed by atoms with E-state index in [-0.39, 0.29) is 17.7 Å². The smallest absolute Gasteiger partial charge is 0.311 e. The molecule has 0 aromatic heterocycles. The van der Waals surface area contributed by atoms with Crippen LogP contribution >= 0.6 is 0 Å². The predicted molar refractivity (Wildman–Crippen MR) is 93.4 cm³/mol. The molecule has 1 heterocycles. The maximum absolute atomic E-state index is 12.3. The Morgan fingerprint density at radius 1 is 1.28 bits per heavy atom. The third kappa shape index (κ3) is 5.59. The van der Waals surface area contributed by atoms with E-state index < -0.39 is 12.1 Å². The number of carbonyl (C=O) groups is 3. The fourth-order valence-corrected chi connectivity index (χ4v) is 2.87. The van der Waals surface area contributed by atoms with Crippen LogP contribution in [0, 0.1) is 5.92 Å². The Labute approximate surface area is 148 Å². The second-order valence-electron chi connectivity index (χ2n) is 6.31. The average Bonchev–Trinajstić information content (AvgIpc) is 2.66. The Bertz CT molecular complexity index is 603. The second-order valence-corrected chi connectivity index (χ2v) is 6.31. The topological polar surface area (TPSA) is 75.7 Å². The van der Waals surface area contributed by atoms with Gasteiger partial charge in [0.05, 0.1) is 5.92 Å². The van der Waals surface area contributed by atoms with Gasteiger partial charge in [0, 0.05) is 26.1 Å². The molecule has 2 unspecified atom stereocenters. The van der Waals surface area contributed by atoms with E-state index in [1.165, 1.54) is 0 Å². The van der Waals surface area contributed by atoms with Gasteiger partial charge in [-0.3, -0.25) is 14.4 Å². The van der Waals surface area contributed by atoms with Crippen LogP contribution in [0.15, 0.2) is 30.3 Å². The van der Waals surface area contributed by atoms with Gasteiger partial charge >= 0.3 is 5.97 Å². The van der Waals surface area contributed by atoms with Gasteiger partial charge in [-0.05, 0) is 25.3 Å². The Balaban J connectivity index is 1.80. The molecule has 136 valence electrons. The third-order valence-corrected chi connectivity index (χ3v) is 4.38. The van der Waals surface area contributed by atoms with Gasteiger partial charge in [-0.1, -0.05) is 37.3 Å². The highest BCUT2D eigenvalue weighted by molar-refractivity contribution is 5.84. The van der Waals surface area contributed by atoms with Gasteiger partial charge in [0.15, 0.2) is 6.10 Å². The maximum atomic E-state index is 12.3. The van der Waals surface area contributed by atoms with Crippen LogP contribution in [0.25, 0.3) is 0 Å². The number of likely N-dealkylation sites (tertiary alicyclic amines) is 1. The van der Waals surface area contributed by atoms with Crippen molar-refractivity contribution in [2.75, 3.05) is 13.1 Å². The lowest BCUT2D eigenvalue weighted by Gasteiger charge is -2.31. The fraction of sp³-hybridized carbons (Fsp3) is 0.526. The largest absolute Gasteiger partial charge is 0.452 e. The average molecular weight is 346 g/mol. The molecule has 0 bridgehead atoms. The van der Waals surface area contributed by atoms with Crippen molar-refractivity contribution in [3.8, 4) is 0 Å². The van der Waals surface area contributed by atoms with E-state index in [0.717, 1.165) is 12.0 Å². The van der Waals surface area contributed by atoms with Crippen LogP contribution in [0.4, 0.5) is 0 Å². The van der Waals surface area contributed by atoms with Crippen LogP contribution in [0.3, 0.4) is 0 Å². The van der Waals surface area contributed by atoms with Gasteiger partial charge in [-0.15, -0.1) is 0 Å². The monoisotopic (exact) mass is 346 g/mol. The number of nitrogens with zero attached hydrogens (tertiary/aromatic N) is 1. The van der Waals surface area contributed by atoms with E-state index in [1.54, 1.807) is 11.8 Å². The Kier molecular flexibility index (Phi) is 6.98. The number of esters is 1. The molecule has 1 aromatic rings. The molecule has 1 N–H and O–H groups in total.